The Bertz CT molecular complexity index is 909. The van der Waals surface area contributed by atoms with Crippen LogP contribution in [0, 0.1) is 0 Å². The fourth-order valence-electron chi connectivity index (χ4n) is 2.35. The quantitative estimate of drug-likeness (QED) is 0.662. The molecule has 26 heavy (non-hydrogen) atoms. The number of carbonyl (C=O) groups is 2. The topological polar surface area (TPSA) is 91.3 Å². The highest BCUT2D eigenvalue weighted by Gasteiger charge is 2.10. The number of nitrogens with one attached hydrogen (secondary N) is 2. The average molecular weight is 347 g/mol. The van der Waals surface area contributed by atoms with Crippen molar-refractivity contribution in [3.63, 3.8) is 0 Å². The number of aromatic hydroxyl groups is 1. The number of hydrogen-bond donors (Lipinski definition) is 3. The van der Waals surface area contributed by atoms with Crippen molar-refractivity contribution >= 4 is 17.5 Å². The lowest BCUT2D eigenvalue weighted by Crippen LogP contribution is -2.22. The number of rotatable bonds is 5. The second-order valence-electron chi connectivity index (χ2n) is 5.59. The molecule has 130 valence electrons. The molecule has 2 aromatic carbocycles. The summed E-state index contributed by atoms with van der Waals surface area (Å²) in [6, 6.07) is 16.8. The molecule has 6 nitrogen and oxygen atoms in total. The van der Waals surface area contributed by atoms with E-state index in [9.17, 15) is 14.7 Å². The Morgan fingerprint density at radius 2 is 1.69 bits per heavy atom. The third kappa shape index (κ3) is 4.24. The van der Waals surface area contributed by atoms with Crippen LogP contribution in [-0.4, -0.2) is 21.9 Å². The van der Waals surface area contributed by atoms with Gasteiger partial charge in [-0.1, -0.05) is 24.3 Å². The number of hydrogen-bond acceptors (Lipinski definition) is 4. The Labute approximate surface area is 150 Å². The molecular weight excluding hydrogens is 330 g/mol. The molecule has 0 bridgehead atoms. The van der Waals surface area contributed by atoms with Gasteiger partial charge in [0.1, 0.15) is 5.75 Å². The van der Waals surface area contributed by atoms with Crippen LogP contribution in [0.4, 0.5) is 5.69 Å². The van der Waals surface area contributed by atoms with Gasteiger partial charge in [-0.3, -0.25) is 14.6 Å². The molecule has 3 aromatic rings. The molecule has 0 saturated carbocycles. The van der Waals surface area contributed by atoms with E-state index >= 15 is 0 Å². The first kappa shape index (κ1) is 17.2. The number of pyridine rings is 1. The van der Waals surface area contributed by atoms with Gasteiger partial charge in [-0.25, -0.2) is 0 Å². The number of anilines is 1. The van der Waals surface area contributed by atoms with Crippen molar-refractivity contribution in [1.29, 1.82) is 0 Å². The summed E-state index contributed by atoms with van der Waals surface area (Å²) < 4.78 is 0. The van der Waals surface area contributed by atoms with E-state index < -0.39 is 0 Å². The van der Waals surface area contributed by atoms with Crippen LogP contribution >= 0.6 is 0 Å². The van der Waals surface area contributed by atoms with Crippen LogP contribution in [0.15, 0.2) is 73.1 Å². The highest BCUT2D eigenvalue weighted by atomic mass is 16.3. The van der Waals surface area contributed by atoms with Crippen molar-refractivity contribution in [2.24, 2.45) is 0 Å². The minimum absolute atomic E-state index is 0.0697. The van der Waals surface area contributed by atoms with Crippen molar-refractivity contribution < 1.29 is 14.7 Å². The second-order valence-corrected chi connectivity index (χ2v) is 5.59. The van der Waals surface area contributed by atoms with Crippen molar-refractivity contribution in [3.8, 4) is 5.75 Å². The molecule has 6 heteroatoms. The predicted molar refractivity (Wildman–Crippen MR) is 97.9 cm³/mol. The highest BCUT2D eigenvalue weighted by molar-refractivity contribution is 6.06. The third-order valence-corrected chi connectivity index (χ3v) is 3.74. The van der Waals surface area contributed by atoms with E-state index in [2.05, 4.69) is 15.6 Å². The Morgan fingerprint density at radius 1 is 0.923 bits per heavy atom. The number of carbonyl (C=O) groups excluding carboxylic acids is 2. The molecule has 0 unspecified atom stereocenters. The minimum Gasteiger partial charge on any atom is -0.507 e. The molecule has 1 heterocycles. The lowest BCUT2D eigenvalue weighted by molar-refractivity contribution is 0.0949. The summed E-state index contributed by atoms with van der Waals surface area (Å²) in [5, 5.41) is 15.2. The van der Waals surface area contributed by atoms with Crippen molar-refractivity contribution in [2.75, 3.05) is 5.32 Å². The molecule has 0 aliphatic heterocycles. The SMILES string of the molecule is O=C(NCc1ccc(NC(=O)c2ccccc2O)cc1)c1cccnc1. The first-order valence-corrected chi connectivity index (χ1v) is 8.00. The van der Waals surface area contributed by atoms with Gasteiger partial charge in [0.05, 0.1) is 11.1 Å². The molecule has 2 amide bonds. The van der Waals surface area contributed by atoms with Gasteiger partial charge in [-0.05, 0) is 42.0 Å². The van der Waals surface area contributed by atoms with E-state index in [4.69, 9.17) is 0 Å². The van der Waals surface area contributed by atoms with E-state index in [0.717, 1.165) is 5.56 Å². The molecule has 0 saturated heterocycles. The summed E-state index contributed by atoms with van der Waals surface area (Å²) in [7, 11) is 0. The zero-order valence-electron chi connectivity index (χ0n) is 13.8. The Morgan fingerprint density at radius 3 is 2.38 bits per heavy atom. The van der Waals surface area contributed by atoms with Crippen molar-refractivity contribution in [1.82, 2.24) is 10.3 Å². The van der Waals surface area contributed by atoms with Gasteiger partial charge in [0.15, 0.2) is 0 Å². The standard InChI is InChI=1S/C20H17N3O3/c24-18-6-2-1-5-17(18)20(26)23-16-9-7-14(8-10-16)12-22-19(25)15-4-3-11-21-13-15/h1-11,13,24H,12H2,(H,22,25)(H,23,26). The third-order valence-electron chi connectivity index (χ3n) is 3.74. The number of amides is 2. The largest absolute Gasteiger partial charge is 0.507 e. The molecule has 1 aromatic heterocycles. The number of aromatic nitrogens is 1. The van der Waals surface area contributed by atoms with Crippen molar-refractivity contribution in [3.05, 3.63) is 89.7 Å². The summed E-state index contributed by atoms with van der Waals surface area (Å²) in [6.07, 6.45) is 3.12. The van der Waals surface area contributed by atoms with Gasteiger partial charge in [-0.2, -0.15) is 0 Å². The summed E-state index contributed by atoms with van der Waals surface area (Å²) in [5.74, 6) is -0.657. The van der Waals surface area contributed by atoms with E-state index in [1.807, 2.05) is 12.1 Å². The van der Waals surface area contributed by atoms with Crippen LogP contribution in [0.1, 0.15) is 26.3 Å². The number of nitrogens with zero attached hydrogens (tertiary/aromatic N) is 1. The number of phenols is 1. The number of phenolic OH excluding ortho intramolecular Hbond substituents is 1. The molecule has 0 aliphatic rings. The van der Waals surface area contributed by atoms with Crippen LogP contribution in [0.25, 0.3) is 0 Å². The van der Waals surface area contributed by atoms with Gasteiger partial charge in [0, 0.05) is 24.6 Å². The predicted octanol–water partition coefficient (Wildman–Crippen LogP) is 2.97. The monoisotopic (exact) mass is 347 g/mol. The van der Waals surface area contributed by atoms with Crippen LogP contribution in [0.2, 0.25) is 0 Å². The molecule has 0 fully saturated rings. The van der Waals surface area contributed by atoms with Crippen LogP contribution in [-0.2, 0) is 6.54 Å². The lowest BCUT2D eigenvalue weighted by atomic mass is 10.1. The Kier molecular flexibility index (Phi) is 5.24. The summed E-state index contributed by atoms with van der Waals surface area (Å²) >= 11 is 0. The maximum absolute atomic E-state index is 12.2. The van der Waals surface area contributed by atoms with Crippen LogP contribution in [0.5, 0.6) is 5.75 Å². The second kappa shape index (κ2) is 7.94. The first-order valence-electron chi connectivity index (χ1n) is 8.00. The van der Waals surface area contributed by atoms with E-state index in [0.29, 0.717) is 17.8 Å². The molecule has 0 atom stereocenters. The van der Waals surface area contributed by atoms with Gasteiger partial charge < -0.3 is 15.7 Å². The summed E-state index contributed by atoms with van der Waals surface area (Å²) in [4.78, 5) is 28.1. The van der Waals surface area contributed by atoms with Gasteiger partial charge >= 0.3 is 0 Å². The van der Waals surface area contributed by atoms with E-state index in [-0.39, 0.29) is 23.1 Å². The van der Waals surface area contributed by atoms with Gasteiger partial charge in [0.2, 0.25) is 0 Å². The number of para-hydroxylation sites is 1. The van der Waals surface area contributed by atoms with Gasteiger partial charge in [-0.15, -0.1) is 0 Å². The normalized spacial score (nSPS) is 10.2. The van der Waals surface area contributed by atoms with E-state index in [1.165, 1.54) is 12.3 Å². The maximum atomic E-state index is 12.2. The van der Waals surface area contributed by atoms with Gasteiger partial charge in [0.25, 0.3) is 11.8 Å². The fourth-order valence-corrected chi connectivity index (χ4v) is 2.35. The van der Waals surface area contributed by atoms with Crippen LogP contribution < -0.4 is 10.6 Å². The number of benzene rings is 2. The Balaban J connectivity index is 1.58. The van der Waals surface area contributed by atoms with Crippen molar-refractivity contribution in [2.45, 2.75) is 6.54 Å². The Hall–Kier alpha value is -3.67. The molecule has 3 rings (SSSR count). The molecule has 0 radical (unpaired) electrons. The summed E-state index contributed by atoms with van der Waals surface area (Å²) in [5.41, 5.74) is 2.20. The zero-order chi connectivity index (χ0) is 18.4. The highest BCUT2D eigenvalue weighted by Crippen LogP contribution is 2.18. The molecule has 0 aliphatic carbocycles. The zero-order valence-corrected chi connectivity index (χ0v) is 13.8. The lowest BCUT2D eigenvalue weighted by Gasteiger charge is -2.08. The molecule has 0 spiro atoms. The first-order chi connectivity index (χ1) is 12.6. The fraction of sp³-hybridized carbons (Fsp3) is 0.0500. The average Bonchev–Trinajstić information content (AvgIpc) is 2.68. The minimum atomic E-state index is -0.388. The van der Waals surface area contributed by atoms with Crippen LogP contribution in [0.3, 0.4) is 0 Å². The summed E-state index contributed by atoms with van der Waals surface area (Å²) in [6.45, 7) is 0.363. The smallest absolute Gasteiger partial charge is 0.259 e. The molecule has 3 N–H and O–H groups in total. The van der Waals surface area contributed by atoms with E-state index in [1.54, 1.807) is 48.7 Å². The maximum Gasteiger partial charge on any atom is 0.259 e. The molecular formula is C20H17N3O3.